The predicted molar refractivity (Wildman–Crippen MR) is 84.4 cm³/mol. The van der Waals surface area contributed by atoms with Crippen molar-refractivity contribution in [3.8, 4) is 11.5 Å². The molecule has 2 aromatic rings. The van der Waals surface area contributed by atoms with Gasteiger partial charge in [-0.05, 0) is 36.4 Å². The summed E-state index contributed by atoms with van der Waals surface area (Å²) in [6.45, 7) is 7.48. The zero-order valence-electron chi connectivity index (χ0n) is 12.0. The third-order valence-electron chi connectivity index (χ3n) is 3.72. The van der Waals surface area contributed by atoms with E-state index in [-0.39, 0.29) is 5.90 Å². The van der Waals surface area contributed by atoms with Crippen molar-refractivity contribution in [1.82, 2.24) is 0 Å². The van der Waals surface area contributed by atoms with Gasteiger partial charge in [-0.15, -0.1) is 0 Å². The van der Waals surface area contributed by atoms with Crippen LogP contribution in [-0.4, -0.2) is 11.9 Å². The van der Waals surface area contributed by atoms with Gasteiger partial charge in [-0.25, -0.2) is 4.79 Å². The van der Waals surface area contributed by atoms with Gasteiger partial charge in [0.05, 0.1) is 5.56 Å². The zero-order chi connectivity index (χ0) is 16.1. The first-order valence-corrected chi connectivity index (χ1v) is 6.86. The molecule has 23 heavy (non-hydrogen) atoms. The monoisotopic (exact) mass is 305 g/mol. The molecule has 0 amide bonds. The summed E-state index contributed by atoms with van der Waals surface area (Å²) in [5.74, 6) is 1.57. The van der Waals surface area contributed by atoms with Crippen molar-refractivity contribution >= 4 is 23.4 Å². The van der Waals surface area contributed by atoms with Crippen LogP contribution in [0.4, 0.5) is 0 Å². The van der Waals surface area contributed by atoms with Crippen molar-refractivity contribution in [1.29, 1.82) is 5.41 Å². The Morgan fingerprint density at radius 1 is 0.826 bits per heavy atom. The van der Waals surface area contributed by atoms with Crippen LogP contribution in [0.5, 0.6) is 11.5 Å². The standard InChI is InChI=1S/C18H11NO4/c1-9-15-7-11(3-5-13(15)17(19)21-9)23-12-4-6-14-16(8-12)10(2)22-18(14)20/h3-8,19H,1-2H2. The second-order valence-electron chi connectivity index (χ2n) is 5.18. The number of hydrogen-bond acceptors (Lipinski definition) is 5. The third-order valence-corrected chi connectivity index (χ3v) is 3.72. The summed E-state index contributed by atoms with van der Waals surface area (Å²) in [5, 5.41) is 7.70. The fourth-order valence-corrected chi connectivity index (χ4v) is 2.60. The average molecular weight is 305 g/mol. The molecule has 1 N–H and O–H groups in total. The summed E-state index contributed by atoms with van der Waals surface area (Å²) < 4.78 is 16.0. The molecule has 0 atom stereocenters. The average Bonchev–Trinajstić information content (AvgIpc) is 2.96. The number of benzene rings is 2. The van der Waals surface area contributed by atoms with Gasteiger partial charge in [0, 0.05) is 16.7 Å². The van der Waals surface area contributed by atoms with Crippen LogP contribution in [0, 0.1) is 5.41 Å². The molecule has 5 nitrogen and oxygen atoms in total. The summed E-state index contributed by atoms with van der Waals surface area (Å²) in [7, 11) is 0. The summed E-state index contributed by atoms with van der Waals surface area (Å²) in [4.78, 5) is 11.6. The van der Waals surface area contributed by atoms with Crippen LogP contribution in [-0.2, 0) is 9.47 Å². The normalized spacial score (nSPS) is 15.1. The van der Waals surface area contributed by atoms with Crippen LogP contribution >= 0.6 is 0 Å². The van der Waals surface area contributed by atoms with E-state index in [1.807, 2.05) is 0 Å². The minimum Gasteiger partial charge on any atom is -0.457 e. The lowest BCUT2D eigenvalue weighted by atomic mass is 10.1. The molecule has 112 valence electrons. The molecule has 0 unspecified atom stereocenters. The lowest BCUT2D eigenvalue weighted by Gasteiger charge is -2.08. The summed E-state index contributed by atoms with van der Waals surface area (Å²) in [6, 6.07) is 10.3. The number of carbonyl (C=O) groups excluding carboxylic acids is 1. The van der Waals surface area contributed by atoms with Crippen molar-refractivity contribution in [2.75, 3.05) is 0 Å². The number of cyclic esters (lactones) is 1. The number of carbonyl (C=O) groups is 1. The van der Waals surface area contributed by atoms with E-state index >= 15 is 0 Å². The van der Waals surface area contributed by atoms with Crippen molar-refractivity contribution < 1.29 is 19.0 Å². The second-order valence-corrected chi connectivity index (χ2v) is 5.18. The minimum absolute atomic E-state index is 0.0843. The predicted octanol–water partition coefficient (Wildman–Crippen LogP) is 3.95. The highest BCUT2D eigenvalue weighted by Gasteiger charge is 2.26. The second kappa shape index (κ2) is 4.58. The number of hydrogen-bond donors (Lipinski definition) is 1. The van der Waals surface area contributed by atoms with E-state index < -0.39 is 5.97 Å². The van der Waals surface area contributed by atoms with Crippen LogP contribution in [0.15, 0.2) is 49.6 Å². The number of rotatable bonds is 2. The van der Waals surface area contributed by atoms with Crippen LogP contribution < -0.4 is 4.74 Å². The van der Waals surface area contributed by atoms with E-state index in [2.05, 4.69) is 13.2 Å². The molecule has 2 aliphatic rings. The highest BCUT2D eigenvalue weighted by Crippen LogP contribution is 2.35. The van der Waals surface area contributed by atoms with E-state index in [1.54, 1.807) is 36.4 Å². The Bertz CT molecular complexity index is 851. The maximum absolute atomic E-state index is 11.6. The number of fused-ring (bicyclic) bond motifs is 2. The van der Waals surface area contributed by atoms with Crippen molar-refractivity contribution in [2.45, 2.75) is 0 Å². The first kappa shape index (κ1) is 13.3. The number of ether oxygens (including phenoxy) is 3. The number of esters is 1. The van der Waals surface area contributed by atoms with Gasteiger partial charge in [-0.3, -0.25) is 5.41 Å². The first-order chi connectivity index (χ1) is 11.0. The van der Waals surface area contributed by atoms with Crippen LogP contribution in [0.3, 0.4) is 0 Å². The Balaban J connectivity index is 1.68. The molecule has 2 aromatic carbocycles. The third kappa shape index (κ3) is 2.02. The Hall–Kier alpha value is -3.34. The first-order valence-electron chi connectivity index (χ1n) is 6.86. The summed E-state index contributed by atoms with van der Waals surface area (Å²) >= 11 is 0. The van der Waals surface area contributed by atoms with Crippen LogP contribution in [0.2, 0.25) is 0 Å². The van der Waals surface area contributed by atoms with Gasteiger partial charge >= 0.3 is 5.97 Å². The molecule has 0 saturated heterocycles. The summed E-state index contributed by atoms with van der Waals surface area (Å²) in [6.07, 6.45) is 0. The van der Waals surface area contributed by atoms with Gasteiger partial charge in [0.25, 0.3) is 0 Å². The molecule has 0 aliphatic carbocycles. The topological polar surface area (TPSA) is 68.6 Å². The van der Waals surface area contributed by atoms with E-state index in [4.69, 9.17) is 19.6 Å². The van der Waals surface area contributed by atoms with E-state index in [0.717, 1.165) is 5.56 Å². The van der Waals surface area contributed by atoms with Crippen LogP contribution in [0.1, 0.15) is 27.0 Å². The summed E-state index contributed by atoms with van der Waals surface area (Å²) in [5.41, 5.74) is 2.52. The van der Waals surface area contributed by atoms with Gasteiger partial charge in [-0.2, -0.15) is 0 Å². The van der Waals surface area contributed by atoms with E-state index in [0.29, 0.717) is 39.7 Å². The van der Waals surface area contributed by atoms with Gasteiger partial charge < -0.3 is 14.2 Å². The van der Waals surface area contributed by atoms with Gasteiger partial charge in [0.15, 0.2) is 0 Å². The van der Waals surface area contributed by atoms with E-state index in [1.165, 1.54) is 0 Å². The molecule has 2 heterocycles. The Morgan fingerprint density at radius 2 is 1.39 bits per heavy atom. The van der Waals surface area contributed by atoms with Gasteiger partial charge in [-0.1, -0.05) is 13.2 Å². The maximum Gasteiger partial charge on any atom is 0.344 e. The Morgan fingerprint density at radius 3 is 2.09 bits per heavy atom. The smallest absolute Gasteiger partial charge is 0.344 e. The quantitative estimate of drug-likeness (QED) is 0.853. The molecule has 0 aromatic heterocycles. The highest BCUT2D eigenvalue weighted by molar-refractivity contribution is 6.04. The van der Waals surface area contributed by atoms with Gasteiger partial charge in [0.1, 0.15) is 23.0 Å². The SMILES string of the molecule is C=C1OC(=N)c2ccc(Oc3ccc4c(c3)C(=C)OC4=O)cc21. The molecule has 2 aliphatic heterocycles. The lowest BCUT2D eigenvalue weighted by molar-refractivity contribution is 0.0716. The molecule has 0 bridgehead atoms. The molecule has 5 heteroatoms. The zero-order valence-corrected chi connectivity index (χ0v) is 12.0. The lowest BCUT2D eigenvalue weighted by Crippen LogP contribution is -1.94. The van der Waals surface area contributed by atoms with Crippen LogP contribution in [0.25, 0.3) is 11.5 Å². The van der Waals surface area contributed by atoms with Gasteiger partial charge in [0.2, 0.25) is 5.90 Å². The van der Waals surface area contributed by atoms with Crippen molar-refractivity contribution in [3.05, 3.63) is 71.8 Å². The minimum atomic E-state index is -0.402. The highest BCUT2D eigenvalue weighted by atomic mass is 16.5. The molecule has 0 fully saturated rings. The van der Waals surface area contributed by atoms with Crippen molar-refractivity contribution in [3.63, 3.8) is 0 Å². The van der Waals surface area contributed by atoms with E-state index in [9.17, 15) is 4.79 Å². The fourth-order valence-electron chi connectivity index (χ4n) is 2.60. The molecule has 0 radical (unpaired) electrons. The number of nitrogens with one attached hydrogen (secondary N) is 1. The Labute approximate surface area is 131 Å². The molecule has 0 saturated carbocycles. The molecular formula is C18H11NO4. The maximum atomic E-state index is 11.6. The molecule has 4 rings (SSSR count). The van der Waals surface area contributed by atoms with Crippen molar-refractivity contribution in [2.24, 2.45) is 0 Å². The largest absolute Gasteiger partial charge is 0.457 e. The molecule has 0 spiro atoms. The Kier molecular flexibility index (Phi) is 2.65. The fraction of sp³-hybridized carbons (Fsp3) is 0. The molecular weight excluding hydrogens is 294 g/mol.